The highest BCUT2D eigenvalue weighted by atomic mass is 32.1. The van der Waals surface area contributed by atoms with Crippen molar-refractivity contribution in [1.29, 1.82) is 0 Å². The van der Waals surface area contributed by atoms with Gasteiger partial charge < -0.3 is 5.11 Å². The van der Waals surface area contributed by atoms with Crippen LogP contribution in [0.25, 0.3) is 10.1 Å². The number of hydrogen-bond acceptors (Lipinski definition) is 4. The predicted octanol–water partition coefficient (Wildman–Crippen LogP) is 3.76. The largest absolute Gasteiger partial charge is 0.478 e. The van der Waals surface area contributed by atoms with Crippen LogP contribution < -0.4 is 10.4 Å². The SMILES string of the molecule is O=C(O)c1ccc(Cn2c(=O)sc3ccc(C#CCc4ccccc4)cc3c2=O)cc1. The first-order valence-corrected chi connectivity index (χ1v) is 10.4. The third-order valence-corrected chi connectivity index (χ3v) is 5.75. The van der Waals surface area contributed by atoms with E-state index < -0.39 is 5.97 Å². The third-order valence-electron chi connectivity index (χ3n) is 4.78. The fraction of sp³-hybridized carbons (Fsp3) is 0.0800. The summed E-state index contributed by atoms with van der Waals surface area (Å²) in [5.74, 6) is 5.18. The number of hydrogen-bond donors (Lipinski definition) is 1. The van der Waals surface area contributed by atoms with E-state index in [4.69, 9.17) is 5.11 Å². The Labute approximate surface area is 181 Å². The molecule has 0 atom stereocenters. The highest BCUT2D eigenvalue weighted by molar-refractivity contribution is 7.16. The van der Waals surface area contributed by atoms with Crippen LogP contribution in [0.4, 0.5) is 0 Å². The van der Waals surface area contributed by atoms with E-state index in [1.165, 1.54) is 16.7 Å². The summed E-state index contributed by atoms with van der Waals surface area (Å²) in [5, 5.41) is 9.45. The molecule has 0 saturated carbocycles. The molecule has 0 aliphatic rings. The fourth-order valence-corrected chi connectivity index (χ4v) is 4.00. The van der Waals surface area contributed by atoms with E-state index in [1.54, 1.807) is 24.3 Å². The molecule has 0 saturated heterocycles. The monoisotopic (exact) mass is 427 g/mol. The van der Waals surface area contributed by atoms with E-state index in [1.807, 2.05) is 36.4 Å². The molecule has 1 N–H and O–H groups in total. The zero-order valence-electron chi connectivity index (χ0n) is 16.4. The molecule has 6 heteroatoms. The van der Waals surface area contributed by atoms with Gasteiger partial charge in [0.1, 0.15) is 0 Å². The first-order valence-electron chi connectivity index (χ1n) is 9.54. The van der Waals surface area contributed by atoms with Crippen LogP contribution in [-0.2, 0) is 13.0 Å². The molecule has 0 spiro atoms. The first kappa shape index (κ1) is 20.3. The van der Waals surface area contributed by atoms with Crippen LogP contribution in [0.5, 0.6) is 0 Å². The number of nitrogens with zero attached hydrogens (tertiary/aromatic N) is 1. The molecule has 0 aliphatic heterocycles. The normalized spacial score (nSPS) is 10.5. The van der Waals surface area contributed by atoms with E-state index in [-0.39, 0.29) is 22.5 Å². The standard InChI is InChI=1S/C25H17NO4S/c27-23-21-15-18(8-4-7-17-5-2-1-3-6-17)11-14-22(21)31-25(30)26(23)16-19-9-12-20(13-10-19)24(28)29/h1-3,5-6,9-15H,7,16H2,(H,28,29). The molecule has 0 amide bonds. The molecule has 4 rings (SSSR count). The molecule has 152 valence electrons. The van der Waals surface area contributed by atoms with Crippen molar-refractivity contribution in [3.8, 4) is 11.8 Å². The van der Waals surface area contributed by atoms with Crippen molar-refractivity contribution in [2.45, 2.75) is 13.0 Å². The van der Waals surface area contributed by atoms with E-state index >= 15 is 0 Å². The maximum Gasteiger partial charge on any atom is 0.335 e. The summed E-state index contributed by atoms with van der Waals surface area (Å²) in [4.78, 5) is 36.1. The highest BCUT2D eigenvalue weighted by Crippen LogP contribution is 2.15. The van der Waals surface area contributed by atoms with Crippen molar-refractivity contribution >= 4 is 27.4 Å². The molecule has 31 heavy (non-hydrogen) atoms. The van der Waals surface area contributed by atoms with Gasteiger partial charge in [0, 0.05) is 16.7 Å². The van der Waals surface area contributed by atoms with Crippen molar-refractivity contribution in [3.63, 3.8) is 0 Å². The molecular weight excluding hydrogens is 410 g/mol. The third kappa shape index (κ3) is 4.63. The maximum atomic E-state index is 13.0. The number of fused-ring (bicyclic) bond motifs is 1. The molecule has 0 bridgehead atoms. The number of carboxylic acids is 1. The van der Waals surface area contributed by atoms with Crippen LogP contribution >= 0.6 is 11.3 Å². The number of aromatic carboxylic acids is 1. The fourth-order valence-electron chi connectivity index (χ4n) is 3.16. The van der Waals surface area contributed by atoms with Gasteiger partial charge in [-0.3, -0.25) is 14.2 Å². The first-order chi connectivity index (χ1) is 15.0. The zero-order chi connectivity index (χ0) is 21.8. The molecule has 3 aromatic carbocycles. The highest BCUT2D eigenvalue weighted by Gasteiger charge is 2.10. The van der Waals surface area contributed by atoms with Crippen LogP contribution in [-0.4, -0.2) is 15.6 Å². The predicted molar refractivity (Wildman–Crippen MR) is 122 cm³/mol. The van der Waals surface area contributed by atoms with Gasteiger partial charge in [-0.1, -0.05) is 65.6 Å². The van der Waals surface area contributed by atoms with Gasteiger partial charge in [-0.05, 0) is 41.5 Å². The Morgan fingerprint density at radius 1 is 0.935 bits per heavy atom. The number of rotatable bonds is 4. The number of carbonyl (C=O) groups is 1. The summed E-state index contributed by atoms with van der Waals surface area (Å²) in [6, 6.07) is 21.3. The average molecular weight is 427 g/mol. The van der Waals surface area contributed by atoms with Crippen molar-refractivity contribution in [1.82, 2.24) is 4.57 Å². The van der Waals surface area contributed by atoms with Gasteiger partial charge in [-0.25, -0.2) is 4.79 Å². The summed E-state index contributed by atoms with van der Waals surface area (Å²) in [7, 11) is 0. The number of benzene rings is 3. The Balaban J connectivity index is 1.65. The molecule has 4 aromatic rings. The van der Waals surface area contributed by atoms with Crippen LogP contribution in [0.15, 0.2) is 82.4 Å². The topological polar surface area (TPSA) is 76.4 Å². The van der Waals surface area contributed by atoms with E-state index in [0.29, 0.717) is 27.6 Å². The summed E-state index contributed by atoms with van der Waals surface area (Å²) in [6.45, 7) is 0.0773. The lowest BCUT2D eigenvalue weighted by molar-refractivity contribution is 0.0697. The van der Waals surface area contributed by atoms with Gasteiger partial charge in [0.15, 0.2) is 0 Å². The van der Waals surface area contributed by atoms with Crippen molar-refractivity contribution in [2.24, 2.45) is 0 Å². The molecule has 5 nitrogen and oxygen atoms in total. The van der Waals surface area contributed by atoms with Gasteiger partial charge in [0.25, 0.3) is 5.56 Å². The second-order valence-corrected chi connectivity index (χ2v) is 7.93. The Morgan fingerprint density at radius 3 is 2.39 bits per heavy atom. The summed E-state index contributed by atoms with van der Waals surface area (Å²) in [5.41, 5.74) is 2.27. The molecule has 0 aliphatic carbocycles. The van der Waals surface area contributed by atoms with Gasteiger partial charge >= 0.3 is 10.8 Å². The Bertz CT molecular complexity index is 1440. The van der Waals surface area contributed by atoms with Gasteiger partial charge in [0.05, 0.1) is 17.5 Å². The molecule has 1 heterocycles. The maximum absolute atomic E-state index is 13.0. The van der Waals surface area contributed by atoms with E-state index in [9.17, 15) is 14.4 Å². The Hall–Kier alpha value is -3.95. The number of aromatic nitrogens is 1. The molecule has 0 unspecified atom stereocenters. The molecule has 0 radical (unpaired) electrons. The minimum atomic E-state index is -1.03. The lowest BCUT2D eigenvalue weighted by atomic mass is 10.1. The van der Waals surface area contributed by atoms with Crippen molar-refractivity contribution in [3.05, 3.63) is 115 Å². The smallest absolute Gasteiger partial charge is 0.335 e. The van der Waals surface area contributed by atoms with E-state index in [2.05, 4.69) is 11.8 Å². The summed E-state index contributed by atoms with van der Waals surface area (Å²) in [6.07, 6.45) is 0.609. The summed E-state index contributed by atoms with van der Waals surface area (Å²) >= 11 is 1.00. The Kier molecular flexibility index (Phi) is 5.78. The minimum Gasteiger partial charge on any atom is -0.478 e. The van der Waals surface area contributed by atoms with Crippen molar-refractivity contribution < 1.29 is 9.90 Å². The molecule has 0 fully saturated rings. The average Bonchev–Trinajstić information content (AvgIpc) is 2.78. The second-order valence-electron chi connectivity index (χ2n) is 6.94. The van der Waals surface area contributed by atoms with Gasteiger partial charge in [-0.15, -0.1) is 0 Å². The quantitative estimate of drug-likeness (QED) is 0.503. The Morgan fingerprint density at radius 2 is 1.68 bits per heavy atom. The second kappa shape index (κ2) is 8.82. The molecule has 1 aromatic heterocycles. The minimum absolute atomic E-state index is 0.0773. The zero-order valence-corrected chi connectivity index (χ0v) is 17.2. The van der Waals surface area contributed by atoms with E-state index in [0.717, 1.165) is 16.9 Å². The van der Waals surface area contributed by atoms with Crippen LogP contribution in [0.2, 0.25) is 0 Å². The summed E-state index contributed by atoms with van der Waals surface area (Å²) < 4.78 is 1.78. The van der Waals surface area contributed by atoms with Crippen LogP contribution in [0, 0.1) is 11.8 Å². The van der Waals surface area contributed by atoms with Gasteiger partial charge in [0.2, 0.25) is 0 Å². The van der Waals surface area contributed by atoms with Crippen LogP contribution in [0.3, 0.4) is 0 Å². The number of carboxylic acid groups (broad SMARTS) is 1. The molecular formula is C25H17NO4S. The van der Waals surface area contributed by atoms with Gasteiger partial charge in [-0.2, -0.15) is 0 Å². The van der Waals surface area contributed by atoms with Crippen LogP contribution in [0.1, 0.15) is 27.0 Å². The van der Waals surface area contributed by atoms with Crippen molar-refractivity contribution in [2.75, 3.05) is 0 Å². The lowest BCUT2D eigenvalue weighted by Gasteiger charge is -2.07. The lowest BCUT2D eigenvalue weighted by Crippen LogP contribution is -2.31.